The Morgan fingerprint density at radius 1 is 1.15 bits per heavy atom. The Morgan fingerprint density at radius 3 is 2.60 bits per heavy atom. The highest BCUT2D eigenvalue weighted by Gasteiger charge is 2.27. The van der Waals surface area contributed by atoms with Gasteiger partial charge in [0, 0.05) is 6.04 Å². The van der Waals surface area contributed by atoms with Gasteiger partial charge >= 0.3 is 0 Å². The predicted octanol–water partition coefficient (Wildman–Crippen LogP) is 3.69. The molecule has 0 saturated carbocycles. The van der Waals surface area contributed by atoms with Crippen LogP contribution in [0.2, 0.25) is 0 Å². The van der Waals surface area contributed by atoms with Crippen LogP contribution < -0.4 is 5.32 Å². The van der Waals surface area contributed by atoms with Crippen LogP contribution in [0.25, 0.3) is 0 Å². The van der Waals surface area contributed by atoms with Crippen LogP contribution >= 0.6 is 0 Å². The molecule has 2 aromatic rings. The molecule has 1 N–H and O–H groups in total. The van der Waals surface area contributed by atoms with Crippen molar-refractivity contribution < 1.29 is 4.39 Å². The zero-order valence-corrected chi connectivity index (χ0v) is 11.8. The first kappa shape index (κ1) is 13.3. The van der Waals surface area contributed by atoms with Crippen molar-refractivity contribution in [1.82, 2.24) is 5.32 Å². The Kier molecular flexibility index (Phi) is 3.83. The Labute approximate surface area is 119 Å². The number of rotatable bonds is 5. The first-order chi connectivity index (χ1) is 9.76. The van der Waals surface area contributed by atoms with Crippen LogP contribution in [-0.2, 0) is 12.8 Å². The maximum absolute atomic E-state index is 12.9. The van der Waals surface area contributed by atoms with Crippen molar-refractivity contribution in [3.05, 3.63) is 71.0 Å². The van der Waals surface area contributed by atoms with Crippen LogP contribution in [0.5, 0.6) is 0 Å². The van der Waals surface area contributed by atoms with E-state index >= 15 is 0 Å². The molecule has 1 aliphatic carbocycles. The van der Waals surface area contributed by atoms with E-state index in [-0.39, 0.29) is 5.82 Å². The molecule has 1 nitrogen and oxygen atoms in total. The Hall–Kier alpha value is -1.67. The van der Waals surface area contributed by atoms with Gasteiger partial charge in [-0.25, -0.2) is 4.39 Å². The molecular formula is C18H20FN. The molecule has 104 valence electrons. The lowest BCUT2D eigenvalue weighted by Crippen LogP contribution is -2.32. The van der Waals surface area contributed by atoms with Crippen molar-refractivity contribution in [1.29, 1.82) is 0 Å². The van der Waals surface area contributed by atoms with Gasteiger partial charge in [0.25, 0.3) is 0 Å². The van der Waals surface area contributed by atoms with Gasteiger partial charge in [-0.2, -0.15) is 0 Å². The minimum atomic E-state index is -0.164. The third kappa shape index (κ3) is 2.75. The van der Waals surface area contributed by atoms with Gasteiger partial charge in [-0.05, 0) is 61.1 Å². The summed E-state index contributed by atoms with van der Waals surface area (Å²) in [7, 11) is 2.01. The Bertz CT molecular complexity index is 576. The van der Waals surface area contributed by atoms with Crippen LogP contribution in [0.1, 0.15) is 29.0 Å². The van der Waals surface area contributed by atoms with Crippen molar-refractivity contribution in [2.75, 3.05) is 7.05 Å². The van der Waals surface area contributed by atoms with Crippen molar-refractivity contribution in [2.24, 2.45) is 0 Å². The molecule has 2 aromatic carbocycles. The fourth-order valence-corrected chi connectivity index (χ4v) is 3.12. The molecule has 2 unspecified atom stereocenters. The van der Waals surface area contributed by atoms with E-state index in [2.05, 4.69) is 29.6 Å². The fourth-order valence-electron chi connectivity index (χ4n) is 3.12. The summed E-state index contributed by atoms with van der Waals surface area (Å²) >= 11 is 0. The summed E-state index contributed by atoms with van der Waals surface area (Å²) in [5.74, 6) is 0.506. The van der Waals surface area contributed by atoms with E-state index < -0.39 is 0 Å². The van der Waals surface area contributed by atoms with E-state index in [1.54, 1.807) is 12.1 Å². The van der Waals surface area contributed by atoms with Crippen molar-refractivity contribution in [3.8, 4) is 0 Å². The molecule has 2 heteroatoms. The minimum Gasteiger partial charge on any atom is -0.317 e. The molecule has 0 aliphatic heterocycles. The number of likely N-dealkylation sites (N-methyl/N-ethyl adjacent to an activating group) is 1. The standard InChI is InChI=1S/C18H20FN/c1-20-17(10-13-6-8-16(19)9-7-13)12-15-11-14-4-2-3-5-18(14)15/h2-9,15,17,20H,10-12H2,1H3. The summed E-state index contributed by atoms with van der Waals surface area (Å²) in [5, 5.41) is 3.40. The molecule has 1 aliphatic rings. The summed E-state index contributed by atoms with van der Waals surface area (Å²) in [4.78, 5) is 0. The summed E-state index contributed by atoms with van der Waals surface area (Å²) in [5.41, 5.74) is 4.19. The highest BCUT2D eigenvalue weighted by molar-refractivity contribution is 5.40. The third-order valence-corrected chi connectivity index (χ3v) is 4.33. The molecule has 0 spiro atoms. The summed E-state index contributed by atoms with van der Waals surface area (Å²) in [6.07, 6.45) is 3.29. The topological polar surface area (TPSA) is 12.0 Å². The average molecular weight is 269 g/mol. The summed E-state index contributed by atoms with van der Waals surface area (Å²) in [6, 6.07) is 16.0. The largest absolute Gasteiger partial charge is 0.317 e. The van der Waals surface area contributed by atoms with Gasteiger partial charge in [0.1, 0.15) is 5.82 Å². The molecule has 0 bridgehead atoms. The second-order valence-corrected chi connectivity index (χ2v) is 5.65. The second-order valence-electron chi connectivity index (χ2n) is 5.65. The highest BCUT2D eigenvalue weighted by Crippen LogP contribution is 2.38. The first-order valence-corrected chi connectivity index (χ1v) is 7.26. The van der Waals surface area contributed by atoms with Gasteiger partial charge in [0.05, 0.1) is 0 Å². The average Bonchev–Trinajstić information content (AvgIpc) is 2.45. The van der Waals surface area contributed by atoms with Gasteiger partial charge in [-0.3, -0.25) is 0 Å². The van der Waals surface area contributed by atoms with E-state index in [1.807, 2.05) is 19.2 Å². The predicted molar refractivity (Wildman–Crippen MR) is 80.5 cm³/mol. The summed E-state index contributed by atoms with van der Waals surface area (Å²) < 4.78 is 12.9. The molecule has 0 saturated heterocycles. The smallest absolute Gasteiger partial charge is 0.123 e. The van der Waals surface area contributed by atoms with Crippen molar-refractivity contribution in [2.45, 2.75) is 31.2 Å². The monoisotopic (exact) mass is 269 g/mol. The minimum absolute atomic E-state index is 0.164. The summed E-state index contributed by atoms with van der Waals surface area (Å²) in [6.45, 7) is 0. The van der Waals surface area contributed by atoms with E-state index in [1.165, 1.54) is 23.1 Å². The number of fused-ring (bicyclic) bond motifs is 1. The van der Waals surface area contributed by atoms with Gasteiger partial charge in [-0.1, -0.05) is 36.4 Å². The molecule has 3 rings (SSSR count). The zero-order valence-electron chi connectivity index (χ0n) is 11.8. The lowest BCUT2D eigenvalue weighted by Gasteiger charge is -2.33. The third-order valence-electron chi connectivity index (χ3n) is 4.33. The first-order valence-electron chi connectivity index (χ1n) is 7.26. The van der Waals surface area contributed by atoms with E-state index in [0.29, 0.717) is 12.0 Å². The van der Waals surface area contributed by atoms with E-state index in [4.69, 9.17) is 0 Å². The molecule has 20 heavy (non-hydrogen) atoms. The lowest BCUT2D eigenvalue weighted by molar-refractivity contribution is 0.438. The SMILES string of the molecule is CNC(Cc1ccc(F)cc1)CC1Cc2ccccc21. The van der Waals surface area contributed by atoms with Gasteiger partial charge in [-0.15, -0.1) is 0 Å². The molecule has 2 atom stereocenters. The van der Waals surface area contributed by atoms with Crippen LogP contribution in [0.4, 0.5) is 4.39 Å². The lowest BCUT2D eigenvalue weighted by atomic mass is 9.74. The van der Waals surface area contributed by atoms with E-state index in [9.17, 15) is 4.39 Å². The van der Waals surface area contributed by atoms with Crippen LogP contribution in [0.3, 0.4) is 0 Å². The van der Waals surface area contributed by atoms with Gasteiger partial charge < -0.3 is 5.32 Å². The van der Waals surface area contributed by atoms with Crippen molar-refractivity contribution in [3.63, 3.8) is 0 Å². The van der Waals surface area contributed by atoms with Crippen LogP contribution in [-0.4, -0.2) is 13.1 Å². The zero-order chi connectivity index (χ0) is 13.9. The molecule has 0 fully saturated rings. The number of nitrogens with one attached hydrogen (secondary N) is 1. The quantitative estimate of drug-likeness (QED) is 0.873. The van der Waals surface area contributed by atoms with Crippen LogP contribution in [0, 0.1) is 5.82 Å². The fraction of sp³-hybridized carbons (Fsp3) is 0.333. The maximum Gasteiger partial charge on any atom is 0.123 e. The number of benzene rings is 2. The Morgan fingerprint density at radius 2 is 1.90 bits per heavy atom. The highest BCUT2D eigenvalue weighted by atomic mass is 19.1. The molecule has 0 heterocycles. The number of halogens is 1. The van der Waals surface area contributed by atoms with Crippen LogP contribution in [0.15, 0.2) is 48.5 Å². The number of hydrogen-bond acceptors (Lipinski definition) is 1. The molecule has 0 amide bonds. The normalized spacial score (nSPS) is 18.2. The van der Waals surface area contributed by atoms with E-state index in [0.717, 1.165) is 12.8 Å². The second kappa shape index (κ2) is 5.76. The molecule has 0 aromatic heterocycles. The molecule has 0 radical (unpaired) electrons. The number of hydrogen-bond donors (Lipinski definition) is 1. The maximum atomic E-state index is 12.9. The van der Waals surface area contributed by atoms with Gasteiger partial charge in [0.15, 0.2) is 0 Å². The Balaban J connectivity index is 1.62. The van der Waals surface area contributed by atoms with Gasteiger partial charge in [0.2, 0.25) is 0 Å². The molecular weight excluding hydrogens is 249 g/mol. The van der Waals surface area contributed by atoms with Crippen molar-refractivity contribution >= 4 is 0 Å².